The summed E-state index contributed by atoms with van der Waals surface area (Å²) in [7, 11) is -2.15. The van der Waals surface area contributed by atoms with Gasteiger partial charge in [-0.3, -0.25) is 9.69 Å². The van der Waals surface area contributed by atoms with Crippen molar-refractivity contribution in [3.05, 3.63) is 58.6 Å². The number of likely N-dealkylation sites (N-methyl/N-ethyl adjacent to an activating group) is 1. The number of sulfonamides is 1. The molecule has 0 aromatic heterocycles. The van der Waals surface area contributed by atoms with Crippen LogP contribution in [-0.2, 0) is 10.0 Å². The molecule has 2 N–H and O–H groups in total. The van der Waals surface area contributed by atoms with Gasteiger partial charge >= 0.3 is 0 Å². The zero-order valence-corrected chi connectivity index (χ0v) is 20.2. The van der Waals surface area contributed by atoms with Gasteiger partial charge in [0, 0.05) is 18.2 Å². The Morgan fingerprint density at radius 2 is 1.91 bits per heavy atom. The highest BCUT2D eigenvalue weighted by molar-refractivity contribution is 7.89. The largest absolute Gasteiger partial charge is 0.497 e. The average Bonchev–Trinajstić information content (AvgIpc) is 3.59. The van der Waals surface area contributed by atoms with E-state index in [2.05, 4.69) is 28.8 Å². The fourth-order valence-corrected chi connectivity index (χ4v) is 5.43. The maximum Gasteiger partial charge on any atom is 0.251 e. The molecule has 1 fully saturated rings. The molecular formula is C23H30ClN3O4S. The number of methoxy groups -OCH3 is 1. The Labute approximate surface area is 195 Å². The fourth-order valence-electron chi connectivity index (χ4n) is 3.60. The molecule has 174 valence electrons. The summed E-state index contributed by atoms with van der Waals surface area (Å²) in [5.74, 6) is 0.395. The smallest absolute Gasteiger partial charge is 0.251 e. The number of nitrogens with zero attached hydrogens (tertiary/aromatic N) is 1. The Hall–Kier alpha value is -2.13. The zero-order chi connectivity index (χ0) is 23.3. The van der Waals surface area contributed by atoms with Gasteiger partial charge in [0.05, 0.1) is 18.2 Å². The molecule has 1 aliphatic carbocycles. The van der Waals surface area contributed by atoms with E-state index in [1.54, 1.807) is 7.11 Å². The minimum Gasteiger partial charge on any atom is -0.497 e. The van der Waals surface area contributed by atoms with Crippen LogP contribution in [0.1, 0.15) is 48.7 Å². The van der Waals surface area contributed by atoms with Crippen LogP contribution in [0, 0.1) is 0 Å². The van der Waals surface area contributed by atoms with E-state index in [0.29, 0.717) is 6.54 Å². The van der Waals surface area contributed by atoms with Crippen LogP contribution in [-0.4, -0.2) is 52.0 Å². The van der Waals surface area contributed by atoms with E-state index in [4.69, 9.17) is 16.3 Å². The average molecular weight is 480 g/mol. The molecule has 7 nitrogen and oxygen atoms in total. The van der Waals surface area contributed by atoms with Crippen LogP contribution in [0.4, 0.5) is 0 Å². The third-order valence-electron chi connectivity index (χ3n) is 5.57. The molecule has 1 unspecified atom stereocenters. The summed E-state index contributed by atoms with van der Waals surface area (Å²) < 4.78 is 33.2. The van der Waals surface area contributed by atoms with Crippen molar-refractivity contribution in [2.24, 2.45) is 0 Å². The molecule has 3 rings (SSSR count). The van der Waals surface area contributed by atoms with Crippen molar-refractivity contribution >= 4 is 27.5 Å². The summed E-state index contributed by atoms with van der Waals surface area (Å²) in [4.78, 5) is 15.1. The molecule has 0 aliphatic heterocycles. The van der Waals surface area contributed by atoms with Gasteiger partial charge in [-0.2, -0.15) is 0 Å². The number of rotatable bonds is 11. The first kappa shape index (κ1) is 24.5. The van der Waals surface area contributed by atoms with Crippen molar-refractivity contribution in [1.82, 2.24) is 14.9 Å². The first-order valence-corrected chi connectivity index (χ1v) is 12.6. The predicted octanol–water partition coefficient (Wildman–Crippen LogP) is 3.60. The maximum absolute atomic E-state index is 12.9. The third-order valence-corrected chi connectivity index (χ3v) is 7.57. The molecule has 0 saturated heterocycles. The van der Waals surface area contributed by atoms with Crippen molar-refractivity contribution in [3.8, 4) is 5.75 Å². The molecule has 0 radical (unpaired) electrons. The number of nitrogens with one attached hydrogen (secondary N) is 2. The van der Waals surface area contributed by atoms with E-state index in [1.165, 1.54) is 18.2 Å². The monoisotopic (exact) mass is 479 g/mol. The van der Waals surface area contributed by atoms with Gasteiger partial charge < -0.3 is 10.1 Å². The molecule has 1 aliphatic rings. The van der Waals surface area contributed by atoms with Gasteiger partial charge in [0.2, 0.25) is 10.0 Å². The molecule has 9 heteroatoms. The molecule has 0 bridgehead atoms. The number of hydrogen-bond donors (Lipinski definition) is 2. The summed E-state index contributed by atoms with van der Waals surface area (Å²) in [6.45, 7) is 6.12. The van der Waals surface area contributed by atoms with Gasteiger partial charge in [-0.05, 0) is 61.8 Å². The van der Waals surface area contributed by atoms with Crippen molar-refractivity contribution < 1.29 is 17.9 Å². The van der Waals surface area contributed by atoms with Gasteiger partial charge in [-0.15, -0.1) is 0 Å². The number of benzene rings is 2. The number of ether oxygens (including phenoxy) is 1. The van der Waals surface area contributed by atoms with E-state index < -0.39 is 10.0 Å². The molecule has 0 heterocycles. The van der Waals surface area contributed by atoms with Crippen LogP contribution in [0.2, 0.25) is 5.02 Å². The van der Waals surface area contributed by atoms with Gasteiger partial charge in [0.25, 0.3) is 5.91 Å². The first-order valence-electron chi connectivity index (χ1n) is 10.8. The summed E-state index contributed by atoms with van der Waals surface area (Å²) in [5.41, 5.74) is 1.27. The minimum atomic E-state index is -3.77. The van der Waals surface area contributed by atoms with Gasteiger partial charge in [-0.25, -0.2) is 13.1 Å². The molecule has 32 heavy (non-hydrogen) atoms. The molecule has 0 spiro atoms. The second-order valence-corrected chi connectivity index (χ2v) is 9.85. The van der Waals surface area contributed by atoms with Crippen LogP contribution in [0.3, 0.4) is 0 Å². The highest BCUT2D eigenvalue weighted by Gasteiger charge is 2.30. The SMILES string of the molecule is CCN(CC)C(CNC(=O)c1ccc(Cl)c(S(=O)(=O)NC2CC2)c1)c1cccc(OC)c1. The Morgan fingerprint density at radius 3 is 2.53 bits per heavy atom. The van der Waals surface area contributed by atoms with E-state index in [9.17, 15) is 13.2 Å². The quantitative estimate of drug-likeness (QED) is 0.514. The topological polar surface area (TPSA) is 87.7 Å². The maximum atomic E-state index is 12.9. The molecule has 1 atom stereocenters. The van der Waals surface area contributed by atoms with Crippen LogP contribution in [0.25, 0.3) is 0 Å². The lowest BCUT2D eigenvalue weighted by Gasteiger charge is -2.30. The van der Waals surface area contributed by atoms with Gasteiger partial charge in [0.15, 0.2) is 0 Å². The summed E-state index contributed by atoms with van der Waals surface area (Å²) in [6.07, 6.45) is 1.63. The summed E-state index contributed by atoms with van der Waals surface area (Å²) in [5, 5.41) is 3.05. The van der Waals surface area contributed by atoms with Gasteiger partial charge in [-0.1, -0.05) is 37.6 Å². The van der Waals surface area contributed by atoms with Crippen LogP contribution < -0.4 is 14.8 Å². The summed E-state index contributed by atoms with van der Waals surface area (Å²) >= 11 is 6.14. The van der Waals surface area contributed by atoms with E-state index in [1.807, 2.05) is 24.3 Å². The van der Waals surface area contributed by atoms with E-state index >= 15 is 0 Å². The Bertz CT molecular complexity index is 1050. The number of amides is 1. The second-order valence-electron chi connectivity index (χ2n) is 7.76. The van der Waals surface area contributed by atoms with Crippen LogP contribution >= 0.6 is 11.6 Å². The number of carbonyl (C=O) groups excluding carboxylic acids is 1. The lowest BCUT2D eigenvalue weighted by atomic mass is 10.0. The molecule has 2 aromatic rings. The fraction of sp³-hybridized carbons (Fsp3) is 0.435. The lowest BCUT2D eigenvalue weighted by molar-refractivity contribution is 0.0934. The van der Waals surface area contributed by atoms with E-state index in [0.717, 1.165) is 37.2 Å². The van der Waals surface area contributed by atoms with Crippen molar-refractivity contribution in [2.45, 2.75) is 43.7 Å². The first-order chi connectivity index (χ1) is 15.3. The Morgan fingerprint density at radius 1 is 1.19 bits per heavy atom. The molecule has 1 amide bonds. The highest BCUT2D eigenvalue weighted by atomic mass is 35.5. The Kier molecular flexibility index (Phi) is 8.16. The highest BCUT2D eigenvalue weighted by Crippen LogP contribution is 2.27. The number of hydrogen-bond acceptors (Lipinski definition) is 5. The zero-order valence-electron chi connectivity index (χ0n) is 18.6. The summed E-state index contributed by atoms with van der Waals surface area (Å²) in [6, 6.07) is 12.0. The third kappa shape index (κ3) is 6.01. The van der Waals surface area contributed by atoms with Gasteiger partial charge in [0.1, 0.15) is 10.6 Å². The molecular weight excluding hydrogens is 450 g/mol. The molecule has 1 saturated carbocycles. The minimum absolute atomic E-state index is 0.0498. The molecule has 2 aromatic carbocycles. The van der Waals surface area contributed by atoms with Crippen molar-refractivity contribution in [3.63, 3.8) is 0 Å². The van der Waals surface area contributed by atoms with Crippen LogP contribution in [0.15, 0.2) is 47.4 Å². The number of carbonyl (C=O) groups is 1. The van der Waals surface area contributed by atoms with Crippen molar-refractivity contribution in [1.29, 1.82) is 0 Å². The lowest BCUT2D eigenvalue weighted by Crippen LogP contribution is -2.38. The van der Waals surface area contributed by atoms with E-state index in [-0.39, 0.29) is 33.5 Å². The normalized spacial score (nSPS) is 14.9. The predicted molar refractivity (Wildman–Crippen MR) is 126 cm³/mol. The number of halogens is 1. The standard InChI is InChI=1S/C23H30ClN3O4S/c1-4-27(5-2)21(16-7-6-8-19(13-16)31-3)15-25-23(28)17-9-12-20(24)22(14-17)32(29,30)26-18-10-11-18/h6-9,12-14,18,21,26H,4-5,10-11,15H2,1-3H3,(H,25,28). The Balaban J connectivity index is 1.79. The van der Waals surface area contributed by atoms with Crippen molar-refractivity contribution in [2.75, 3.05) is 26.7 Å². The van der Waals surface area contributed by atoms with Crippen LogP contribution in [0.5, 0.6) is 5.75 Å². The second kappa shape index (κ2) is 10.7.